The molecule has 22 heavy (non-hydrogen) atoms. The minimum absolute atomic E-state index is 0.0726. The molecule has 2 heterocycles. The van der Waals surface area contributed by atoms with Crippen molar-refractivity contribution in [2.45, 2.75) is 19.8 Å². The van der Waals surface area contributed by atoms with Crippen molar-refractivity contribution in [3.8, 4) is 0 Å². The van der Waals surface area contributed by atoms with Crippen LogP contribution in [0.15, 0.2) is 36.9 Å². The number of aryl methyl sites for hydroxylation is 1. The number of nitro groups is 1. The maximum atomic E-state index is 11.2. The van der Waals surface area contributed by atoms with Gasteiger partial charge in [0.15, 0.2) is 5.52 Å². The van der Waals surface area contributed by atoms with Gasteiger partial charge >= 0.3 is 0 Å². The Bertz CT molecular complexity index is 734. The van der Waals surface area contributed by atoms with E-state index in [1.54, 1.807) is 6.07 Å². The molecule has 1 saturated heterocycles. The molecule has 3 rings (SSSR count). The van der Waals surface area contributed by atoms with E-state index in [1.807, 2.05) is 25.1 Å². The van der Waals surface area contributed by atoms with Gasteiger partial charge in [-0.15, -0.1) is 6.58 Å². The van der Waals surface area contributed by atoms with E-state index >= 15 is 0 Å². The zero-order chi connectivity index (χ0) is 15.7. The summed E-state index contributed by atoms with van der Waals surface area (Å²) in [5, 5.41) is 12.1. The minimum atomic E-state index is -0.359. The van der Waals surface area contributed by atoms with Gasteiger partial charge in [0.25, 0.3) is 5.69 Å². The smallest absolute Gasteiger partial charge is 0.295 e. The lowest BCUT2D eigenvalue weighted by Crippen LogP contribution is -2.33. The molecular formula is C17H19N3O2. The number of pyridine rings is 1. The highest BCUT2D eigenvalue weighted by atomic mass is 16.6. The van der Waals surface area contributed by atoms with Gasteiger partial charge in [-0.25, -0.2) is 4.98 Å². The average molecular weight is 297 g/mol. The number of nitro benzene ring substituents is 1. The lowest BCUT2D eigenvalue weighted by Gasteiger charge is -2.33. The highest BCUT2D eigenvalue weighted by Gasteiger charge is 2.22. The number of anilines is 1. The summed E-state index contributed by atoms with van der Waals surface area (Å²) < 4.78 is 0. The highest BCUT2D eigenvalue weighted by molar-refractivity contribution is 5.97. The first kappa shape index (κ1) is 14.5. The van der Waals surface area contributed by atoms with Crippen molar-refractivity contribution in [2.24, 2.45) is 5.92 Å². The maximum absolute atomic E-state index is 11.2. The summed E-state index contributed by atoms with van der Waals surface area (Å²) in [5.74, 6) is 0.569. The molecule has 0 radical (unpaired) electrons. The molecule has 1 aromatic carbocycles. The predicted octanol–water partition coefficient (Wildman–Crippen LogP) is 3.85. The number of benzene rings is 1. The number of non-ortho nitro benzene ring substituents is 1. The van der Waals surface area contributed by atoms with Crippen LogP contribution in [-0.2, 0) is 0 Å². The first-order chi connectivity index (χ1) is 10.6. The van der Waals surface area contributed by atoms with Gasteiger partial charge < -0.3 is 4.90 Å². The van der Waals surface area contributed by atoms with Gasteiger partial charge in [0, 0.05) is 35.9 Å². The summed E-state index contributed by atoms with van der Waals surface area (Å²) >= 11 is 0. The van der Waals surface area contributed by atoms with E-state index in [1.165, 1.54) is 6.07 Å². The van der Waals surface area contributed by atoms with Crippen LogP contribution in [0.2, 0.25) is 0 Å². The molecule has 0 saturated carbocycles. The van der Waals surface area contributed by atoms with Crippen LogP contribution >= 0.6 is 0 Å². The number of piperidine rings is 1. The number of para-hydroxylation sites is 1. The molecule has 5 heteroatoms. The van der Waals surface area contributed by atoms with Gasteiger partial charge in [-0.05, 0) is 31.7 Å². The zero-order valence-electron chi connectivity index (χ0n) is 12.7. The summed E-state index contributed by atoms with van der Waals surface area (Å²) in [6, 6.07) is 7.20. The van der Waals surface area contributed by atoms with Gasteiger partial charge in [0.05, 0.1) is 4.92 Å². The molecule has 0 atom stereocenters. The Labute approximate surface area is 129 Å². The summed E-state index contributed by atoms with van der Waals surface area (Å²) in [4.78, 5) is 17.6. The fraction of sp³-hybridized carbons (Fsp3) is 0.353. The average Bonchev–Trinajstić information content (AvgIpc) is 2.53. The molecule has 0 amide bonds. The molecule has 0 aliphatic carbocycles. The van der Waals surface area contributed by atoms with Crippen molar-refractivity contribution in [1.82, 2.24) is 4.98 Å². The molecule has 0 bridgehead atoms. The van der Waals surface area contributed by atoms with Crippen molar-refractivity contribution >= 4 is 22.3 Å². The van der Waals surface area contributed by atoms with Crippen LogP contribution in [0, 0.1) is 23.0 Å². The molecule has 1 fully saturated rings. The molecule has 2 aromatic rings. The number of fused-ring (bicyclic) bond motifs is 1. The largest absolute Gasteiger partial charge is 0.371 e. The van der Waals surface area contributed by atoms with E-state index in [-0.39, 0.29) is 10.6 Å². The maximum Gasteiger partial charge on any atom is 0.295 e. The minimum Gasteiger partial charge on any atom is -0.371 e. The summed E-state index contributed by atoms with van der Waals surface area (Å²) in [7, 11) is 0. The Morgan fingerprint density at radius 3 is 2.77 bits per heavy atom. The number of hydrogen-bond donors (Lipinski definition) is 0. The Balaban J connectivity index is 2.08. The first-order valence-corrected chi connectivity index (χ1v) is 7.52. The fourth-order valence-corrected chi connectivity index (χ4v) is 3.12. The number of nitrogens with zero attached hydrogens (tertiary/aromatic N) is 3. The molecule has 0 unspecified atom stereocenters. The molecule has 0 spiro atoms. The molecular weight excluding hydrogens is 278 g/mol. The van der Waals surface area contributed by atoms with E-state index in [4.69, 9.17) is 0 Å². The van der Waals surface area contributed by atoms with Crippen LogP contribution in [0.5, 0.6) is 0 Å². The van der Waals surface area contributed by atoms with Gasteiger partial charge in [0.2, 0.25) is 0 Å². The second-order valence-corrected chi connectivity index (χ2v) is 5.77. The van der Waals surface area contributed by atoms with Gasteiger partial charge in [-0.1, -0.05) is 18.2 Å². The predicted molar refractivity (Wildman–Crippen MR) is 88.3 cm³/mol. The van der Waals surface area contributed by atoms with Gasteiger partial charge in [-0.3, -0.25) is 10.1 Å². The van der Waals surface area contributed by atoms with Crippen molar-refractivity contribution in [2.75, 3.05) is 18.0 Å². The van der Waals surface area contributed by atoms with E-state index < -0.39 is 0 Å². The zero-order valence-corrected chi connectivity index (χ0v) is 12.7. The summed E-state index contributed by atoms with van der Waals surface area (Å²) in [5.41, 5.74) is 2.41. The van der Waals surface area contributed by atoms with Crippen molar-refractivity contribution in [3.63, 3.8) is 0 Å². The number of hydrogen-bond acceptors (Lipinski definition) is 4. The van der Waals surface area contributed by atoms with Gasteiger partial charge in [0.1, 0.15) is 0 Å². The number of rotatable bonds is 3. The van der Waals surface area contributed by atoms with E-state index in [2.05, 4.69) is 16.5 Å². The highest BCUT2D eigenvalue weighted by Crippen LogP contribution is 2.34. The Hall–Kier alpha value is -2.43. The number of allylic oxidation sites excluding steroid dienone is 1. The standard InChI is InChI=1S/C17H19N3O2/c1-3-13-7-9-19(10-8-13)16-11-12(2)18-17-14(16)5-4-6-15(17)20(21)22/h3-6,11,13H,1,7-10H2,2H3. The van der Waals surface area contributed by atoms with E-state index in [0.29, 0.717) is 11.4 Å². The van der Waals surface area contributed by atoms with Crippen molar-refractivity contribution in [1.29, 1.82) is 0 Å². The quantitative estimate of drug-likeness (QED) is 0.490. The van der Waals surface area contributed by atoms with Crippen LogP contribution in [0.4, 0.5) is 11.4 Å². The lowest BCUT2D eigenvalue weighted by atomic mass is 9.96. The van der Waals surface area contributed by atoms with Crippen molar-refractivity contribution < 1.29 is 4.92 Å². The summed E-state index contributed by atoms with van der Waals surface area (Å²) in [6.07, 6.45) is 4.17. The molecule has 0 N–H and O–H groups in total. The van der Waals surface area contributed by atoms with E-state index in [9.17, 15) is 10.1 Å². The van der Waals surface area contributed by atoms with Crippen LogP contribution in [0.25, 0.3) is 10.9 Å². The Morgan fingerprint density at radius 1 is 1.41 bits per heavy atom. The molecule has 1 aliphatic heterocycles. The molecule has 5 nitrogen and oxygen atoms in total. The lowest BCUT2D eigenvalue weighted by molar-refractivity contribution is -0.383. The summed E-state index contributed by atoms with van der Waals surface area (Å²) in [6.45, 7) is 7.64. The third-order valence-electron chi connectivity index (χ3n) is 4.33. The normalized spacial score (nSPS) is 16.0. The monoisotopic (exact) mass is 297 g/mol. The van der Waals surface area contributed by atoms with Crippen LogP contribution in [0.3, 0.4) is 0 Å². The molecule has 1 aliphatic rings. The Kier molecular flexibility index (Phi) is 3.79. The van der Waals surface area contributed by atoms with Crippen LogP contribution < -0.4 is 4.90 Å². The van der Waals surface area contributed by atoms with Crippen LogP contribution in [0.1, 0.15) is 18.5 Å². The SMILES string of the molecule is C=CC1CCN(c2cc(C)nc3c([N+](=O)[O-])cccc23)CC1. The van der Waals surface area contributed by atoms with Gasteiger partial charge in [-0.2, -0.15) is 0 Å². The Morgan fingerprint density at radius 2 is 2.14 bits per heavy atom. The third kappa shape index (κ3) is 2.54. The molecule has 114 valence electrons. The number of aromatic nitrogens is 1. The van der Waals surface area contributed by atoms with Crippen LogP contribution in [-0.4, -0.2) is 23.0 Å². The molecule has 1 aromatic heterocycles. The second kappa shape index (κ2) is 5.75. The second-order valence-electron chi connectivity index (χ2n) is 5.77. The fourth-order valence-electron chi connectivity index (χ4n) is 3.12. The first-order valence-electron chi connectivity index (χ1n) is 7.52. The third-order valence-corrected chi connectivity index (χ3v) is 4.33. The van der Waals surface area contributed by atoms with E-state index in [0.717, 1.165) is 42.7 Å². The topological polar surface area (TPSA) is 59.3 Å². The van der Waals surface area contributed by atoms with Crippen molar-refractivity contribution in [3.05, 3.63) is 52.7 Å².